The Balaban J connectivity index is 2.50. The van der Waals surface area contributed by atoms with Gasteiger partial charge in [-0.1, -0.05) is 32.4 Å². The predicted molar refractivity (Wildman–Crippen MR) is 65.2 cm³/mol. The van der Waals surface area contributed by atoms with Crippen molar-refractivity contribution < 1.29 is 9.53 Å². The van der Waals surface area contributed by atoms with Crippen LogP contribution in [0.5, 0.6) is 0 Å². The van der Waals surface area contributed by atoms with Crippen LogP contribution in [0.15, 0.2) is 24.3 Å². The molecule has 0 spiro atoms. The number of nitrogen functional groups attached to an aromatic ring is 1. The summed E-state index contributed by atoms with van der Waals surface area (Å²) in [6, 6.07) is 6.96. The molecule has 0 aliphatic heterocycles. The number of benzene rings is 1. The Kier molecular flexibility index (Phi) is 4.83. The third-order valence-corrected chi connectivity index (χ3v) is 2.46. The van der Waals surface area contributed by atoms with Crippen LogP contribution in [-0.4, -0.2) is 12.6 Å². The van der Waals surface area contributed by atoms with Crippen LogP contribution in [0.25, 0.3) is 0 Å². The van der Waals surface area contributed by atoms with E-state index in [0.29, 0.717) is 23.8 Å². The van der Waals surface area contributed by atoms with Gasteiger partial charge < -0.3 is 10.5 Å². The van der Waals surface area contributed by atoms with Gasteiger partial charge in [-0.25, -0.2) is 4.79 Å². The number of nitrogens with two attached hydrogens (primary N) is 1. The molecule has 0 bridgehead atoms. The second-order valence-corrected chi connectivity index (χ2v) is 4.08. The van der Waals surface area contributed by atoms with E-state index in [0.717, 1.165) is 12.8 Å². The molecule has 0 aromatic heterocycles. The third-order valence-electron chi connectivity index (χ3n) is 2.46. The molecule has 1 aromatic carbocycles. The first-order valence-electron chi connectivity index (χ1n) is 5.66. The molecule has 2 N–H and O–H groups in total. The Morgan fingerprint density at radius 2 is 2.12 bits per heavy atom. The van der Waals surface area contributed by atoms with E-state index in [2.05, 4.69) is 13.8 Å². The molecule has 0 fully saturated rings. The number of hydrogen-bond donors (Lipinski definition) is 1. The van der Waals surface area contributed by atoms with Gasteiger partial charge in [0.1, 0.15) is 0 Å². The summed E-state index contributed by atoms with van der Waals surface area (Å²) in [5.74, 6) is 0.0694. The molecule has 0 aliphatic carbocycles. The molecule has 0 saturated heterocycles. The van der Waals surface area contributed by atoms with Crippen LogP contribution >= 0.6 is 0 Å². The maximum atomic E-state index is 11.7. The number of para-hydroxylation sites is 1. The van der Waals surface area contributed by atoms with Crippen molar-refractivity contribution in [2.45, 2.75) is 26.7 Å². The zero-order valence-corrected chi connectivity index (χ0v) is 9.90. The fraction of sp³-hybridized carbons (Fsp3) is 0.462. The van der Waals surface area contributed by atoms with E-state index >= 15 is 0 Å². The van der Waals surface area contributed by atoms with Crippen molar-refractivity contribution in [2.24, 2.45) is 5.92 Å². The van der Waals surface area contributed by atoms with Gasteiger partial charge in [0.05, 0.1) is 12.2 Å². The van der Waals surface area contributed by atoms with Crippen molar-refractivity contribution >= 4 is 11.7 Å². The van der Waals surface area contributed by atoms with Crippen LogP contribution in [0.1, 0.15) is 37.0 Å². The van der Waals surface area contributed by atoms with Crippen molar-refractivity contribution in [3.8, 4) is 0 Å². The van der Waals surface area contributed by atoms with Gasteiger partial charge in [-0.3, -0.25) is 0 Å². The molecule has 0 amide bonds. The Bertz CT molecular complexity index is 350. The van der Waals surface area contributed by atoms with E-state index in [1.165, 1.54) is 0 Å². The number of carbonyl (C=O) groups is 1. The molecule has 1 aromatic rings. The van der Waals surface area contributed by atoms with Crippen LogP contribution in [0.3, 0.4) is 0 Å². The predicted octanol–water partition coefficient (Wildman–Crippen LogP) is 2.86. The number of rotatable bonds is 5. The van der Waals surface area contributed by atoms with Crippen molar-refractivity contribution in [1.29, 1.82) is 0 Å². The summed E-state index contributed by atoms with van der Waals surface area (Å²) < 4.78 is 5.20. The topological polar surface area (TPSA) is 52.3 Å². The smallest absolute Gasteiger partial charge is 0.340 e. The maximum absolute atomic E-state index is 11.7. The van der Waals surface area contributed by atoms with E-state index in [4.69, 9.17) is 10.5 Å². The van der Waals surface area contributed by atoms with E-state index in [1.807, 2.05) is 0 Å². The molecule has 16 heavy (non-hydrogen) atoms. The summed E-state index contributed by atoms with van der Waals surface area (Å²) in [7, 11) is 0. The lowest BCUT2D eigenvalue weighted by Crippen LogP contribution is -2.13. The number of carbonyl (C=O) groups excluding carboxylic acids is 1. The second-order valence-electron chi connectivity index (χ2n) is 4.08. The number of anilines is 1. The summed E-state index contributed by atoms with van der Waals surface area (Å²) in [5.41, 5.74) is 6.60. The zero-order chi connectivity index (χ0) is 12.0. The van der Waals surface area contributed by atoms with Crippen LogP contribution in [0.4, 0.5) is 5.69 Å². The standard InChI is InChI=1S/C13H19NO2/c1-3-6-10(2)9-16-13(15)11-7-4-5-8-12(11)14/h4-5,7-8,10H,3,6,9,14H2,1-2H3. The minimum atomic E-state index is -0.332. The molecule has 3 nitrogen and oxygen atoms in total. The highest BCUT2D eigenvalue weighted by molar-refractivity contribution is 5.94. The highest BCUT2D eigenvalue weighted by Gasteiger charge is 2.11. The van der Waals surface area contributed by atoms with Gasteiger partial charge in [0.2, 0.25) is 0 Å². The molecule has 0 radical (unpaired) electrons. The normalized spacial score (nSPS) is 12.1. The summed E-state index contributed by atoms with van der Waals surface area (Å²) in [5, 5.41) is 0. The first kappa shape index (κ1) is 12.6. The van der Waals surface area contributed by atoms with Crippen molar-refractivity contribution in [1.82, 2.24) is 0 Å². The van der Waals surface area contributed by atoms with Gasteiger partial charge in [-0.15, -0.1) is 0 Å². The van der Waals surface area contributed by atoms with Gasteiger partial charge in [0.25, 0.3) is 0 Å². The molecular weight excluding hydrogens is 202 g/mol. The summed E-state index contributed by atoms with van der Waals surface area (Å²) >= 11 is 0. The molecule has 0 saturated carbocycles. The Morgan fingerprint density at radius 1 is 1.44 bits per heavy atom. The quantitative estimate of drug-likeness (QED) is 0.614. The number of hydrogen-bond acceptors (Lipinski definition) is 3. The minimum Gasteiger partial charge on any atom is -0.462 e. The van der Waals surface area contributed by atoms with Crippen LogP contribution in [0, 0.1) is 5.92 Å². The van der Waals surface area contributed by atoms with Gasteiger partial charge in [0.15, 0.2) is 0 Å². The highest BCUT2D eigenvalue weighted by atomic mass is 16.5. The van der Waals surface area contributed by atoms with Crippen molar-refractivity contribution in [3.63, 3.8) is 0 Å². The van der Waals surface area contributed by atoms with Gasteiger partial charge >= 0.3 is 5.97 Å². The SMILES string of the molecule is CCCC(C)COC(=O)c1ccccc1N. The Hall–Kier alpha value is -1.51. The van der Waals surface area contributed by atoms with Crippen molar-refractivity contribution in [2.75, 3.05) is 12.3 Å². The van der Waals surface area contributed by atoms with E-state index < -0.39 is 0 Å². The summed E-state index contributed by atoms with van der Waals surface area (Å²) in [6.45, 7) is 4.65. The van der Waals surface area contributed by atoms with E-state index in [-0.39, 0.29) is 5.97 Å². The Morgan fingerprint density at radius 3 is 2.75 bits per heavy atom. The lowest BCUT2D eigenvalue weighted by Gasteiger charge is -2.11. The first-order valence-corrected chi connectivity index (χ1v) is 5.66. The molecule has 0 heterocycles. The maximum Gasteiger partial charge on any atom is 0.340 e. The molecule has 1 rings (SSSR count). The molecular formula is C13H19NO2. The molecule has 1 unspecified atom stereocenters. The lowest BCUT2D eigenvalue weighted by atomic mass is 10.1. The fourth-order valence-corrected chi connectivity index (χ4v) is 1.55. The highest BCUT2D eigenvalue weighted by Crippen LogP contribution is 2.13. The van der Waals surface area contributed by atoms with Crippen molar-refractivity contribution in [3.05, 3.63) is 29.8 Å². The number of esters is 1. The first-order chi connectivity index (χ1) is 7.65. The van der Waals surface area contributed by atoms with Crippen LogP contribution in [0.2, 0.25) is 0 Å². The van der Waals surface area contributed by atoms with Gasteiger partial charge in [-0.05, 0) is 24.5 Å². The molecule has 88 valence electrons. The Labute approximate surface area is 96.6 Å². The summed E-state index contributed by atoms with van der Waals surface area (Å²) in [6.07, 6.45) is 2.17. The lowest BCUT2D eigenvalue weighted by molar-refractivity contribution is 0.0445. The molecule has 0 aliphatic rings. The van der Waals surface area contributed by atoms with Gasteiger partial charge in [0, 0.05) is 5.69 Å². The largest absolute Gasteiger partial charge is 0.462 e. The monoisotopic (exact) mass is 221 g/mol. The average Bonchev–Trinajstić information content (AvgIpc) is 2.27. The van der Waals surface area contributed by atoms with E-state index in [1.54, 1.807) is 24.3 Å². The fourth-order valence-electron chi connectivity index (χ4n) is 1.55. The average molecular weight is 221 g/mol. The molecule has 1 atom stereocenters. The van der Waals surface area contributed by atoms with E-state index in [9.17, 15) is 4.79 Å². The van der Waals surface area contributed by atoms with Gasteiger partial charge in [-0.2, -0.15) is 0 Å². The zero-order valence-electron chi connectivity index (χ0n) is 9.90. The minimum absolute atomic E-state index is 0.332. The number of ether oxygens (including phenoxy) is 1. The van der Waals surface area contributed by atoms with Crippen LogP contribution in [-0.2, 0) is 4.74 Å². The second kappa shape index (κ2) is 6.16. The molecule has 3 heteroatoms. The summed E-state index contributed by atoms with van der Waals surface area (Å²) in [4.78, 5) is 11.7. The van der Waals surface area contributed by atoms with Crippen LogP contribution < -0.4 is 5.73 Å². The third kappa shape index (κ3) is 3.57.